The van der Waals surface area contributed by atoms with Crippen LogP contribution in [-0.4, -0.2) is 28.2 Å². The van der Waals surface area contributed by atoms with E-state index < -0.39 is 17.5 Å². The van der Waals surface area contributed by atoms with Gasteiger partial charge >= 0.3 is 6.09 Å². The second-order valence-electron chi connectivity index (χ2n) is 7.87. The minimum absolute atomic E-state index is 0.0962. The van der Waals surface area contributed by atoms with Crippen molar-refractivity contribution in [2.75, 3.05) is 12.4 Å². The average Bonchev–Trinajstić information content (AvgIpc) is 2.69. The largest absolute Gasteiger partial charge is 0.416 e. The normalized spacial score (nSPS) is 18.6. The number of nitrogens with one attached hydrogen (secondary N) is 2. The molecule has 1 amide bonds. The van der Waals surface area contributed by atoms with Crippen molar-refractivity contribution >= 4 is 28.4 Å². The number of amides is 1. The minimum Gasteiger partial charge on any atom is -0.416 e. The number of rotatable bonds is 5. The summed E-state index contributed by atoms with van der Waals surface area (Å²) in [6.07, 6.45) is 2.35. The summed E-state index contributed by atoms with van der Waals surface area (Å²) in [6.45, 7) is 10.7. The molecule has 0 fully saturated rings. The summed E-state index contributed by atoms with van der Waals surface area (Å²) in [5.74, 6) is 0.346. The zero-order valence-corrected chi connectivity index (χ0v) is 18.4. The van der Waals surface area contributed by atoms with Crippen LogP contribution in [0.15, 0.2) is 52.9 Å². The Morgan fingerprint density at radius 3 is 2.74 bits per heavy atom. The third kappa shape index (κ3) is 4.23. The van der Waals surface area contributed by atoms with Crippen molar-refractivity contribution in [1.29, 1.82) is 0 Å². The lowest BCUT2D eigenvalue weighted by Gasteiger charge is -2.33. The van der Waals surface area contributed by atoms with E-state index in [1.807, 2.05) is 13.0 Å². The maximum atomic E-state index is 14.9. The summed E-state index contributed by atoms with van der Waals surface area (Å²) in [5, 5.41) is 6.34. The quantitative estimate of drug-likeness (QED) is 0.688. The fourth-order valence-corrected chi connectivity index (χ4v) is 3.77. The molecule has 1 aliphatic carbocycles. The number of carbonyl (C=O) groups excluding carboxylic acids is 1. The second kappa shape index (κ2) is 8.37. The highest BCUT2D eigenvalue weighted by molar-refractivity contribution is 5.86. The summed E-state index contributed by atoms with van der Waals surface area (Å²) in [4.78, 5) is 29.8. The second-order valence-corrected chi connectivity index (χ2v) is 7.87. The van der Waals surface area contributed by atoms with E-state index in [0.717, 1.165) is 10.9 Å². The van der Waals surface area contributed by atoms with Crippen LogP contribution in [0, 0.1) is 0 Å². The van der Waals surface area contributed by atoms with Crippen molar-refractivity contribution in [1.82, 2.24) is 14.9 Å². The van der Waals surface area contributed by atoms with Crippen LogP contribution in [0.4, 0.5) is 15.0 Å². The Kier molecular flexibility index (Phi) is 6.01. The predicted octanol–water partition coefficient (Wildman–Crippen LogP) is 4.51. The molecule has 1 atom stereocenters. The van der Waals surface area contributed by atoms with Gasteiger partial charge in [0.25, 0.3) is 5.56 Å². The van der Waals surface area contributed by atoms with Crippen LogP contribution in [0.2, 0.25) is 0 Å². The molecule has 0 bridgehead atoms. The smallest absolute Gasteiger partial charge is 0.413 e. The number of alkyl carbamates (subject to hydrolysis) is 1. The SMILES string of the molecule is C=C(C)OC(=O)NC1(C)CC(c2cc3cnc(NC)cc3n(CC)c2=O)=C(C)C=C1F. The number of hydrogen-bond donors (Lipinski definition) is 2. The molecule has 2 aromatic rings. The van der Waals surface area contributed by atoms with Crippen molar-refractivity contribution in [3.8, 4) is 0 Å². The number of aromatic nitrogens is 2. The topological polar surface area (TPSA) is 85.2 Å². The maximum Gasteiger partial charge on any atom is 0.413 e. The summed E-state index contributed by atoms with van der Waals surface area (Å²) in [5.41, 5.74) is 0.970. The number of halogens is 1. The van der Waals surface area contributed by atoms with Crippen LogP contribution in [0.5, 0.6) is 0 Å². The molecular formula is C23H27FN4O3. The van der Waals surface area contributed by atoms with E-state index in [2.05, 4.69) is 22.2 Å². The average molecular weight is 426 g/mol. The van der Waals surface area contributed by atoms with Crippen molar-refractivity contribution in [2.24, 2.45) is 0 Å². The molecular weight excluding hydrogens is 399 g/mol. The Morgan fingerprint density at radius 2 is 2.13 bits per heavy atom. The molecule has 0 radical (unpaired) electrons. The standard InChI is InChI=1S/C23H27FN4O3/c1-7-28-18-10-20(25-6)26-12-15(18)9-16(21(28)29)17-11-23(5,19(24)8-14(17)4)27-22(30)31-13(2)3/h8-10,12H,2,7,11H2,1,3-6H3,(H,25,26)(H,27,30). The number of aryl methyl sites for hydroxylation is 1. The van der Waals surface area contributed by atoms with Gasteiger partial charge < -0.3 is 19.9 Å². The van der Waals surface area contributed by atoms with E-state index >= 15 is 0 Å². The molecule has 0 saturated heterocycles. The van der Waals surface area contributed by atoms with Crippen LogP contribution in [0.25, 0.3) is 16.5 Å². The summed E-state index contributed by atoms with van der Waals surface area (Å²) < 4.78 is 21.5. The third-order valence-corrected chi connectivity index (χ3v) is 5.40. The van der Waals surface area contributed by atoms with Gasteiger partial charge in [-0.15, -0.1) is 0 Å². The zero-order valence-electron chi connectivity index (χ0n) is 18.4. The van der Waals surface area contributed by atoms with Gasteiger partial charge in [-0.05, 0) is 51.0 Å². The molecule has 8 heteroatoms. The highest BCUT2D eigenvalue weighted by Gasteiger charge is 2.37. The Hall–Kier alpha value is -3.42. The van der Waals surface area contributed by atoms with Gasteiger partial charge in [-0.25, -0.2) is 14.2 Å². The number of fused-ring (bicyclic) bond motifs is 1. The molecule has 0 aliphatic heterocycles. The van der Waals surface area contributed by atoms with Gasteiger partial charge in [-0.1, -0.05) is 6.58 Å². The molecule has 0 aromatic carbocycles. The van der Waals surface area contributed by atoms with Crippen molar-refractivity contribution in [2.45, 2.75) is 46.2 Å². The van der Waals surface area contributed by atoms with Crippen molar-refractivity contribution in [3.63, 3.8) is 0 Å². The molecule has 31 heavy (non-hydrogen) atoms. The zero-order chi connectivity index (χ0) is 22.9. The third-order valence-electron chi connectivity index (χ3n) is 5.40. The van der Waals surface area contributed by atoms with Crippen LogP contribution < -0.4 is 16.2 Å². The van der Waals surface area contributed by atoms with E-state index in [4.69, 9.17) is 4.74 Å². The highest BCUT2D eigenvalue weighted by Crippen LogP contribution is 2.38. The highest BCUT2D eigenvalue weighted by atomic mass is 19.1. The van der Waals surface area contributed by atoms with E-state index in [9.17, 15) is 14.0 Å². The Bertz CT molecular complexity index is 1200. The van der Waals surface area contributed by atoms with E-state index in [1.54, 1.807) is 37.7 Å². The molecule has 0 spiro atoms. The molecule has 7 nitrogen and oxygen atoms in total. The van der Waals surface area contributed by atoms with E-state index in [1.165, 1.54) is 13.0 Å². The molecule has 2 N–H and O–H groups in total. The molecule has 2 aromatic heterocycles. The molecule has 1 unspecified atom stereocenters. The summed E-state index contributed by atoms with van der Waals surface area (Å²) >= 11 is 0. The lowest BCUT2D eigenvalue weighted by molar-refractivity contribution is 0.164. The van der Waals surface area contributed by atoms with E-state index in [0.29, 0.717) is 29.1 Å². The molecule has 3 rings (SSSR count). The monoisotopic (exact) mass is 426 g/mol. The van der Waals surface area contributed by atoms with Crippen LogP contribution in [0.1, 0.15) is 39.7 Å². The van der Waals surface area contributed by atoms with E-state index in [-0.39, 0.29) is 17.7 Å². The van der Waals surface area contributed by atoms with Gasteiger partial charge in [0.1, 0.15) is 11.6 Å². The first-order valence-electron chi connectivity index (χ1n) is 10.0. The number of allylic oxidation sites excluding steroid dienone is 3. The van der Waals surface area contributed by atoms with Gasteiger partial charge in [-0.2, -0.15) is 0 Å². The molecule has 1 aliphatic rings. The van der Waals surface area contributed by atoms with Crippen molar-refractivity contribution < 1.29 is 13.9 Å². The molecule has 2 heterocycles. The fraction of sp³-hybridized carbons (Fsp3) is 0.348. The molecule has 0 saturated carbocycles. The Labute approximate surface area is 180 Å². The lowest BCUT2D eigenvalue weighted by Crippen LogP contribution is -2.48. The Morgan fingerprint density at radius 1 is 1.42 bits per heavy atom. The fourth-order valence-electron chi connectivity index (χ4n) is 3.77. The number of carbonyl (C=O) groups is 1. The van der Waals surface area contributed by atoms with Crippen LogP contribution >= 0.6 is 0 Å². The number of ether oxygens (including phenoxy) is 1. The number of hydrogen-bond acceptors (Lipinski definition) is 5. The lowest BCUT2D eigenvalue weighted by atomic mass is 9.81. The minimum atomic E-state index is -1.35. The summed E-state index contributed by atoms with van der Waals surface area (Å²) in [7, 11) is 1.76. The maximum absolute atomic E-state index is 14.9. The van der Waals surface area contributed by atoms with Gasteiger partial charge in [0.05, 0.1) is 16.8 Å². The first kappa shape index (κ1) is 22.3. The van der Waals surface area contributed by atoms with Gasteiger partial charge in [0.2, 0.25) is 0 Å². The first-order valence-corrected chi connectivity index (χ1v) is 10.0. The predicted molar refractivity (Wildman–Crippen MR) is 120 cm³/mol. The first-order chi connectivity index (χ1) is 14.6. The van der Waals surface area contributed by atoms with Crippen molar-refractivity contribution in [3.05, 3.63) is 64.1 Å². The number of pyridine rings is 2. The van der Waals surface area contributed by atoms with Gasteiger partial charge in [0, 0.05) is 43.2 Å². The van der Waals surface area contributed by atoms with Crippen LogP contribution in [-0.2, 0) is 11.3 Å². The molecule has 164 valence electrons. The number of anilines is 1. The number of nitrogens with zero attached hydrogens (tertiary/aromatic N) is 2. The van der Waals surface area contributed by atoms with Gasteiger partial charge in [0.15, 0.2) is 0 Å². The summed E-state index contributed by atoms with van der Waals surface area (Å²) in [6, 6.07) is 3.60. The Balaban J connectivity index is 2.12. The van der Waals surface area contributed by atoms with Gasteiger partial charge in [-0.3, -0.25) is 4.79 Å². The van der Waals surface area contributed by atoms with Crippen LogP contribution in [0.3, 0.4) is 0 Å².